The van der Waals surface area contributed by atoms with Crippen LogP contribution in [0.15, 0.2) is 44.7 Å². The molecule has 0 unspecified atom stereocenters. The van der Waals surface area contributed by atoms with E-state index in [0.29, 0.717) is 0 Å². The SMILES string of the molecule is CSC1=C2C=CC=C2C2=C1[Si]2(C)C. The van der Waals surface area contributed by atoms with Crippen molar-refractivity contribution in [3.63, 3.8) is 0 Å². The molecule has 0 saturated carbocycles. The minimum atomic E-state index is -1.03. The second kappa shape index (κ2) is 2.12. The van der Waals surface area contributed by atoms with Gasteiger partial charge in [0.25, 0.3) is 0 Å². The molecule has 0 radical (unpaired) electrons. The smallest absolute Gasteiger partial charge is 0.114 e. The first-order chi connectivity index (χ1) is 6.18. The number of rotatable bonds is 1. The Balaban J connectivity index is 2.18. The Labute approximate surface area is 84.1 Å². The summed E-state index contributed by atoms with van der Waals surface area (Å²) in [6.45, 7) is 4.92. The van der Waals surface area contributed by atoms with Crippen molar-refractivity contribution in [1.29, 1.82) is 0 Å². The maximum absolute atomic E-state index is 2.46. The van der Waals surface area contributed by atoms with Crippen LogP contribution in [0.2, 0.25) is 13.1 Å². The lowest BCUT2D eigenvalue weighted by molar-refractivity contribution is 1.61. The Bertz CT molecular complexity index is 433. The van der Waals surface area contributed by atoms with Crippen molar-refractivity contribution in [3.05, 3.63) is 44.7 Å². The molecule has 1 heterocycles. The van der Waals surface area contributed by atoms with Gasteiger partial charge in [-0.25, -0.2) is 0 Å². The predicted molar refractivity (Wildman–Crippen MR) is 62.3 cm³/mol. The monoisotopic (exact) mass is 204 g/mol. The van der Waals surface area contributed by atoms with E-state index in [2.05, 4.69) is 37.6 Å². The first-order valence-corrected chi connectivity index (χ1v) is 8.83. The molecule has 0 spiro atoms. The standard InChI is InChI=1S/C11H12SSi/c1-12-9-7-5-4-6-8(7)10-11(9)13(10,2)3/h4-6H,1-3H3. The summed E-state index contributed by atoms with van der Waals surface area (Å²) in [7, 11) is -1.03. The zero-order valence-electron chi connectivity index (χ0n) is 8.14. The molecule has 0 N–H and O–H groups in total. The van der Waals surface area contributed by atoms with Gasteiger partial charge in [-0.05, 0) is 27.8 Å². The van der Waals surface area contributed by atoms with E-state index in [1.165, 1.54) is 5.57 Å². The number of thioether (sulfide) groups is 1. The van der Waals surface area contributed by atoms with Crippen LogP contribution in [0.4, 0.5) is 0 Å². The van der Waals surface area contributed by atoms with Crippen molar-refractivity contribution in [3.8, 4) is 0 Å². The molecule has 3 rings (SSSR count). The predicted octanol–water partition coefficient (Wildman–Crippen LogP) is 3.21. The lowest BCUT2D eigenvalue weighted by Crippen LogP contribution is -2.15. The quantitative estimate of drug-likeness (QED) is 0.591. The number of hydrogen-bond donors (Lipinski definition) is 0. The highest BCUT2D eigenvalue weighted by Gasteiger charge is 2.55. The minimum Gasteiger partial charge on any atom is -0.129 e. The molecule has 0 aromatic rings. The van der Waals surface area contributed by atoms with Gasteiger partial charge >= 0.3 is 0 Å². The summed E-state index contributed by atoms with van der Waals surface area (Å²) in [5, 5.41) is 3.47. The van der Waals surface area contributed by atoms with Gasteiger partial charge in [0.15, 0.2) is 0 Å². The highest BCUT2D eigenvalue weighted by Crippen LogP contribution is 2.61. The maximum atomic E-state index is 2.46. The van der Waals surface area contributed by atoms with Crippen molar-refractivity contribution >= 4 is 19.8 Å². The van der Waals surface area contributed by atoms with E-state index in [1.807, 2.05) is 11.8 Å². The lowest BCUT2D eigenvalue weighted by atomic mass is 10.2. The molecule has 0 aromatic heterocycles. The van der Waals surface area contributed by atoms with E-state index in [0.717, 1.165) is 0 Å². The lowest BCUT2D eigenvalue weighted by Gasteiger charge is -2.13. The molecule has 0 aromatic carbocycles. The molecule has 66 valence electrons. The van der Waals surface area contributed by atoms with Gasteiger partial charge in [0.2, 0.25) is 0 Å². The van der Waals surface area contributed by atoms with Gasteiger partial charge in [-0.1, -0.05) is 31.3 Å². The van der Waals surface area contributed by atoms with Crippen LogP contribution in [0.1, 0.15) is 0 Å². The first kappa shape index (κ1) is 7.89. The van der Waals surface area contributed by atoms with Gasteiger partial charge in [-0.3, -0.25) is 0 Å². The van der Waals surface area contributed by atoms with Crippen LogP contribution in [-0.4, -0.2) is 14.3 Å². The third kappa shape index (κ3) is 0.743. The average molecular weight is 204 g/mol. The van der Waals surface area contributed by atoms with E-state index >= 15 is 0 Å². The molecular weight excluding hydrogens is 192 g/mol. The van der Waals surface area contributed by atoms with E-state index in [1.54, 1.807) is 20.9 Å². The van der Waals surface area contributed by atoms with E-state index < -0.39 is 8.07 Å². The molecule has 2 heteroatoms. The van der Waals surface area contributed by atoms with Gasteiger partial charge < -0.3 is 0 Å². The van der Waals surface area contributed by atoms with Gasteiger partial charge in [0.1, 0.15) is 8.07 Å². The van der Waals surface area contributed by atoms with Crippen molar-refractivity contribution < 1.29 is 0 Å². The van der Waals surface area contributed by atoms with Crippen molar-refractivity contribution in [2.45, 2.75) is 13.1 Å². The molecule has 0 atom stereocenters. The largest absolute Gasteiger partial charge is 0.129 e. The highest BCUT2D eigenvalue weighted by molar-refractivity contribution is 8.03. The summed E-state index contributed by atoms with van der Waals surface area (Å²) in [5.41, 5.74) is 3.06. The van der Waals surface area contributed by atoms with Gasteiger partial charge in [-0.2, -0.15) is 0 Å². The van der Waals surface area contributed by atoms with E-state index in [-0.39, 0.29) is 0 Å². The van der Waals surface area contributed by atoms with Gasteiger partial charge in [0.05, 0.1) is 0 Å². The molecule has 3 aliphatic rings. The maximum Gasteiger partial charge on any atom is 0.114 e. The summed E-state index contributed by atoms with van der Waals surface area (Å²) >= 11 is 1.93. The van der Waals surface area contributed by atoms with E-state index in [9.17, 15) is 0 Å². The molecule has 2 aliphatic carbocycles. The highest BCUT2D eigenvalue weighted by atomic mass is 32.2. The fourth-order valence-corrected chi connectivity index (χ4v) is 7.93. The zero-order valence-corrected chi connectivity index (χ0v) is 9.96. The fourth-order valence-electron chi connectivity index (χ4n) is 2.52. The van der Waals surface area contributed by atoms with Crippen LogP contribution in [0.25, 0.3) is 0 Å². The second-order valence-corrected chi connectivity index (χ2v) is 9.33. The minimum absolute atomic E-state index is 1.03. The number of allylic oxidation sites excluding steroid dienone is 7. The van der Waals surface area contributed by atoms with Crippen molar-refractivity contribution in [2.75, 3.05) is 6.26 Å². The Kier molecular flexibility index (Phi) is 1.29. The van der Waals surface area contributed by atoms with Crippen molar-refractivity contribution in [2.24, 2.45) is 0 Å². The van der Waals surface area contributed by atoms with Crippen LogP contribution in [0.5, 0.6) is 0 Å². The molecule has 0 fully saturated rings. The Morgan fingerprint density at radius 1 is 1.23 bits per heavy atom. The number of fused-ring (bicyclic) bond motifs is 2. The van der Waals surface area contributed by atoms with Gasteiger partial charge in [-0.15, -0.1) is 11.8 Å². The summed E-state index contributed by atoms with van der Waals surface area (Å²) in [4.78, 5) is 1.58. The topological polar surface area (TPSA) is 0 Å². The first-order valence-electron chi connectivity index (χ1n) is 4.61. The molecule has 1 aliphatic heterocycles. The molecule has 0 amide bonds. The van der Waals surface area contributed by atoms with E-state index in [4.69, 9.17) is 0 Å². The molecule has 0 bridgehead atoms. The summed E-state index contributed by atoms with van der Waals surface area (Å²) in [5.74, 6) is 0. The summed E-state index contributed by atoms with van der Waals surface area (Å²) < 4.78 is 0. The van der Waals surface area contributed by atoms with Crippen LogP contribution in [-0.2, 0) is 0 Å². The van der Waals surface area contributed by atoms with Crippen molar-refractivity contribution in [1.82, 2.24) is 0 Å². The zero-order chi connectivity index (χ0) is 9.22. The molecule has 0 nitrogen and oxygen atoms in total. The van der Waals surface area contributed by atoms with Gasteiger partial charge in [0, 0.05) is 4.91 Å². The fraction of sp³-hybridized carbons (Fsp3) is 0.273. The molecule has 13 heavy (non-hydrogen) atoms. The average Bonchev–Trinajstić information content (AvgIpc) is 2.52. The third-order valence-corrected chi connectivity index (χ3v) is 7.48. The van der Waals surface area contributed by atoms with Crippen LogP contribution >= 0.6 is 11.8 Å². The Morgan fingerprint density at radius 3 is 2.69 bits per heavy atom. The third-order valence-electron chi connectivity index (χ3n) is 3.20. The van der Waals surface area contributed by atoms with Crippen LogP contribution < -0.4 is 0 Å². The summed E-state index contributed by atoms with van der Waals surface area (Å²) in [6, 6.07) is 0. The Hall–Kier alpha value is -0.473. The summed E-state index contributed by atoms with van der Waals surface area (Å²) in [6.07, 6.45) is 8.94. The second-order valence-electron chi connectivity index (χ2n) is 4.26. The Morgan fingerprint density at radius 2 is 2.00 bits per heavy atom. The van der Waals surface area contributed by atoms with Crippen LogP contribution in [0.3, 0.4) is 0 Å². The molecule has 0 saturated heterocycles. The number of hydrogen-bond acceptors (Lipinski definition) is 1. The normalized spacial score (nSPS) is 26.5. The molecular formula is C11H12SSi. The van der Waals surface area contributed by atoms with Crippen LogP contribution in [0, 0.1) is 0 Å².